The molecule has 0 bridgehead atoms. The average molecular weight is 847 g/mol. The molecule has 0 fully saturated rings. The molecule has 15 nitrogen and oxygen atoms in total. The largest absolute Gasteiger partial charge is 0.472 e. The number of unbranched alkanes of at least 4 members (excludes halogenated alkanes) is 15. The molecule has 5 atom stereocenters. The number of allylic oxidation sites excluding steroid dienone is 1. The van der Waals surface area contributed by atoms with Crippen molar-refractivity contribution in [3.63, 3.8) is 0 Å². The van der Waals surface area contributed by atoms with E-state index in [1.54, 1.807) is 0 Å². The quantitative estimate of drug-likeness (QED) is 0.0149. The molecule has 0 heterocycles. The normalized spacial score (nSPS) is 15.5. The number of ether oxygens (including phenoxy) is 2. The Kier molecular flexibility index (Phi) is 33.9. The van der Waals surface area contributed by atoms with E-state index < -0.39 is 78.4 Å². The van der Waals surface area contributed by atoms with Gasteiger partial charge >= 0.3 is 27.6 Å². The van der Waals surface area contributed by atoms with Crippen LogP contribution in [0.2, 0.25) is 0 Å². The minimum absolute atomic E-state index is 0.0351. The van der Waals surface area contributed by atoms with Gasteiger partial charge in [-0.15, -0.1) is 0 Å². The first kappa shape index (κ1) is 54.8. The number of rotatable bonds is 39. The van der Waals surface area contributed by atoms with Crippen molar-refractivity contribution in [1.29, 1.82) is 0 Å². The Morgan fingerprint density at radius 2 is 1.11 bits per heavy atom. The molecule has 332 valence electrons. The number of phosphoric acid groups is 2. The highest BCUT2D eigenvalue weighted by Gasteiger charge is 2.28. The fourth-order valence-corrected chi connectivity index (χ4v) is 6.83. The van der Waals surface area contributed by atoms with Crippen molar-refractivity contribution in [1.82, 2.24) is 0 Å². The minimum atomic E-state index is -4.88. The van der Waals surface area contributed by atoms with Gasteiger partial charge in [-0.2, -0.15) is 0 Å². The summed E-state index contributed by atoms with van der Waals surface area (Å²) in [6, 6.07) is 0. The monoisotopic (exact) mass is 846 g/mol. The number of esters is 2. The molecule has 0 aliphatic carbocycles. The third-order valence-electron chi connectivity index (χ3n) is 9.02. The van der Waals surface area contributed by atoms with Crippen LogP contribution in [0, 0.1) is 5.92 Å². The molecular weight excluding hydrogens is 770 g/mol. The predicted molar refractivity (Wildman–Crippen MR) is 214 cm³/mol. The molecule has 6 N–H and O–H groups in total. The van der Waals surface area contributed by atoms with Gasteiger partial charge in [-0.1, -0.05) is 129 Å². The Morgan fingerprint density at radius 3 is 1.68 bits per heavy atom. The number of carbonyl (C=O) groups is 2. The maximum Gasteiger partial charge on any atom is 0.472 e. The third-order valence-corrected chi connectivity index (χ3v) is 10.5. The Balaban J connectivity index is 4.66. The van der Waals surface area contributed by atoms with Crippen LogP contribution in [0.3, 0.4) is 0 Å². The van der Waals surface area contributed by atoms with Crippen molar-refractivity contribution in [3.05, 3.63) is 12.2 Å². The molecule has 0 rings (SSSR count). The summed E-state index contributed by atoms with van der Waals surface area (Å²) in [5, 5.41) is 30.2. The van der Waals surface area contributed by atoms with E-state index in [1.165, 1.54) is 44.9 Å². The smallest absolute Gasteiger partial charge is 0.462 e. The second-order valence-corrected chi connectivity index (χ2v) is 17.7. The molecule has 0 saturated heterocycles. The summed E-state index contributed by atoms with van der Waals surface area (Å²) >= 11 is 0. The van der Waals surface area contributed by atoms with E-state index in [1.807, 2.05) is 12.2 Å². The van der Waals surface area contributed by atoms with Crippen LogP contribution in [0.4, 0.5) is 0 Å². The summed E-state index contributed by atoms with van der Waals surface area (Å²) in [7, 11) is -9.72. The Labute approximate surface area is 336 Å². The van der Waals surface area contributed by atoms with E-state index in [4.69, 9.17) is 23.8 Å². The van der Waals surface area contributed by atoms with Gasteiger partial charge in [-0.05, 0) is 44.4 Å². The molecule has 0 amide bonds. The lowest BCUT2D eigenvalue weighted by Crippen LogP contribution is -2.30. The number of hydrogen-bond acceptors (Lipinski definition) is 12. The third kappa shape index (κ3) is 37.1. The molecule has 0 aliphatic heterocycles. The zero-order chi connectivity index (χ0) is 42.1. The van der Waals surface area contributed by atoms with E-state index in [2.05, 4.69) is 29.8 Å². The van der Waals surface area contributed by atoms with E-state index in [9.17, 15) is 38.9 Å². The van der Waals surface area contributed by atoms with Crippen molar-refractivity contribution in [3.8, 4) is 0 Å². The fraction of sp³-hybridized carbons (Fsp3) is 0.897. The van der Waals surface area contributed by atoms with E-state index >= 15 is 0 Å². The van der Waals surface area contributed by atoms with Crippen LogP contribution in [0.15, 0.2) is 12.2 Å². The SMILES string of the molecule is CCCCC/C=C\C[C@H](O)[C@@H](O)CCCCCCCC(=O)O[C@H](COC(=O)CCCCCCCCCCCC(C)C)COP(=O)(O)OC[C@@H](O)COP(=O)(O)O. The fourth-order valence-electron chi connectivity index (χ4n) is 5.67. The Morgan fingerprint density at radius 1 is 0.589 bits per heavy atom. The van der Waals surface area contributed by atoms with Gasteiger partial charge in [-0.25, -0.2) is 9.13 Å². The zero-order valence-electron chi connectivity index (χ0n) is 34.4. The van der Waals surface area contributed by atoms with Crippen LogP contribution >= 0.6 is 15.6 Å². The molecule has 0 aromatic heterocycles. The second-order valence-electron chi connectivity index (χ2n) is 15.1. The summed E-state index contributed by atoms with van der Waals surface area (Å²) in [5.41, 5.74) is 0. The second kappa shape index (κ2) is 34.6. The van der Waals surface area contributed by atoms with Gasteiger partial charge in [0.1, 0.15) is 12.7 Å². The van der Waals surface area contributed by atoms with Crippen LogP contribution in [0.1, 0.15) is 168 Å². The van der Waals surface area contributed by atoms with Crippen LogP contribution in [-0.2, 0) is 41.8 Å². The zero-order valence-corrected chi connectivity index (χ0v) is 36.2. The number of phosphoric ester groups is 2. The van der Waals surface area contributed by atoms with E-state index in [0.29, 0.717) is 32.1 Å². The molecule has 1 unspecified atom stereocenters. The number of aliphatic hydroxyl groups is 3. The number of carbonyl (C=O) groups excluding carboxylic acids is 2. The molecule has 0 radical (unpaired) electrons. The van der Waals surface area contributed by atoms with Crippen molar-refractivity contribution >= 4 is 27.6 Å². The lowest BCUT2D eigenvalue weighted by Gasteiger charge is -2.20. The summed E-state index contributed by atoms with van der Waals surface area (Å²) in [5.74, 6) is -0.390. The van der Waals surface area contributed by atoms with Crippen LogP contribution < -0.4 is 0 Å². The molecule has 0 spiro atoms. The van der Waals surface area contributed by atoms with Gasteiger partial charge in [0.15, 0.2) is 6.10 Å². The predicted octanol–water partition coefficient (Wildman–Crippen LogP) is 7.97. The van der Waals surface area contributed by atoms with Gasteiger partial charge in [0.2, 0.25) is 0 Å². The van der Waals surface area contributed by atoms with Crippen LogP contribution in [0.5, 0.6) is 0 Å². The molecule has 0 aromatic carbocycles. The van der Waals surface area contributed by atoms with E-state index in [0.717, 1.165) is 63.7 Å². The Bertz CT molecular complexity index is 1100. The van der Waals surface area contributed by atoms with Gasteiger partial charge in [0.25, 0.3) is 0 Å². The molecule has 0 aliphatic rings. The van der Waals surface area contributed by atoms with Crippen LogP contribution in [-0.4, -0.2) is 92.8 Å². The van der Waals surface area contributed by atoms with Crippen molar-refractivity contribution in [2.45, 2.75) is 193 Å². The van der Waals surface area contributed by atoms with Gasteiger partial charge in [-0.3, -0.25) is 23.2 Å². The molecular formula is C39H76O15P2. The van der Waals surface area contributed by atoms with E-state index in [-0.39, 0.29) is 12.8 Å². The summed E-state index contributed by atoms with van der Waals surface area (Å²) < 4.78 is 47.6. The van der Waals surface area contributed by atoms with Crippen molar-refractivity contribution in [2.75, 3.05) is 26.4 Å². The Hall–Kier alpha value is -1.22. The standard InChI is InChI=1S/C39H76O15P2/c1-4-5-6-7-15-20-25-36(41)37(42)26-21-16-13-18-23-28-39(44)54-35(32-53-56(48,49)52-30-34(40)29-51-55(45,46)47)31-50-38(43)27-22-17-12-10-8-9-11-14-19-24-33(2)3/h15,20,33-37,40-42H,4-14,16-19,21-32H2,1-3H3,(H,48,49)(H2,45,46,47)/b20-15-/t34-,35+,36-,37-/m0/s1. The van der Waals surface area contributed by atoms with Crippen molar-refractivity contribution in [2.24, 2.45) is 5.92 Å². The number of hydrogen-bond donors (Lipinski definition) is 6. The van der Waals surface area contributed by atoms with Gasteiger partial charge < -0.3 is 39.5 Å². The first-order chi connectivity index (χ1) is 26.5. The summed E-state index contributed by atoms with van der Waals surface area (Å²) in [6.07, 6.45) is 19.6. The topological polar surface area (TPSA) is 236 Å². The van der Waals surface area contributed by atoms with Gasteiger partial charge in [0, 0.05) is 12.8 Å². The lowest BCUT2D eigenvalue weighted by molar-refractivity contribution is -0.161. The molecule has 0 saturated carbocycles. The highest BCUT2D eigenvalue weighted by atomic mass is 31.2. The molecule has 56 heavy (non-hydrogen) atoms. The van der Waals surface area contributed by atoms with Crippen molar-refractivity contribution < 1.29 is 71.8 Å². The highest BCUT2D eigenvalue weighted by molar-refractivity contribution is 7.47. The van der Waals surface area contributed by atoms with Crippen LogP contribution in [0.25, 0.3) is 0 Å². The maximum atomic E-state index is 12.6. The molecule has 0 aromatic rings. The molecule has 17 heteroatoms. The first-order valence-corrected chi connectivity index (χ1v) is 23.9. The van der Waals surface area contributed by atoms with Gasteiger partial charge in [0.05, 0.1) is 32.0 Å². The lowest BCUT2D eigenvalue weighted by atomic mass is 10.0. The summed E-state index contributed by atoms with van der Waals surface area (Å²) in [6.45, 7) is 3.79. The average Bonchev–Trinajstić information content (AvgIpc) is 3.13. The maximum absolute atomic E-state index is 12.6. The minimum Gasteiger partial charge on any atom is -0.462 e. The first-order valence-electron chi connectivity index (χ1n) is 20.9. The highest BCUT2D eigenvalue weighted by Crippen LogP contribution is 2.43. The number of aliphatic hydroxyl groups excluding tert-OH is 3. The summed E-state index contributed by atoms with van der Waals surface area (Å²) in [4.78, 5) is 52.6.